The Morgan fingerprint density at radius 3 is 2.52 bits per heavy atom. The van der Waals surface area contributed by atoms with Crippen LogP contribution in [0.2, 0.25) is 0 Å². The lowest BCUT2D eigenvalue weighted by Crippen LogP contribution is -2.36. The standard InChI is InChI=1S/C17H29NO3/c1-13(2)8-9-14(3)18-11-15(19)12-21-17-7-5-6-16(10-17)20-4/h5-7,10,13-15,18-19H,8-9,11-12H2,1-4H3. The lowest BCUT2D eigenvalue weighted by Gasteiger charge is -2.18. The molecule has 21 heavy (non-hydrogen) atoms. The highest BCUT2D eigenvalue weighted by Gasteiger charge is 2.09. The zero-order valence-electron chi connectivity index (χ0n) is 13.6. The van der Waals surface area contributed by atoms with Crippen molar-refractivity contribution in [1.29, 1.82) is 0 Å². The third-order valence-corrected chi connectivity index (χ3v) is 3.36. The zero-order valence-corrected chi connectivity index (χ0v) is 13.6. The highest BCUT2D eigenvalue weighted by atomic mass is 16.5. The Hall–Kier alpha value is -1.26. The number of hydrogen-bond acceptors (Lipinski definition) is 4. The van der Waals surface area contributed by atoms with E-state index in [2.05, 4.69) is 26.1 Å². The van der Waals surface area contributed by atoms with Gasteiger partial charge in [0, 0.05) is 18.7 Å². The van der Waals surface area contributed by atoms with Crippen LogP contribution in [0, 0.1) is 5.92 Å². The van der Waals surface area contributed by atoms with Gasteiger partial charge in [-0.05, 0) is 37.8 Å². The predicted molar refractivity (Wildman–Crippen MR) is 86.0 cm³/mol. The van der Waals surface area contributed by atoms with E-state index in [0.29, 0.717) is 18.3 Å². The van der Waals surface area contributed by atoms with Gasteiger partial charge in [-0.1, -0.05) is 19.9 Å². The summed E-state index contributed by atoms with van der Waals surface area (Å²) < 4.78 is 10.7. The van der Waals surface area contributed by atoms with Gasteiger partial charge in [0.2, 0.25) is 0 Å². The third kappa shape index (κ3) is 7.93. The van der Waals surface area contributed by atoms with Gasteiger partial charge in [0.15, 0.2) is 0 Å². The summed E-state index contributed by atoms with van der Waals surface area (Å²) in [5, 5.41) is 13.3. The van der Waals surface area contributed by atoms with E-state index in [0.717, 1.165) is 18.1 Å². The van der Waals surface area contributed by atoms with Gasteiger partial charge in [-0.3, -0.25) is 0 Å². The van der Waals surface area contributed by atoms with Crippen molar-refractivity contribution in [3.63, 3.8) is 0 Å². The van der Waals surface area contributed by atoms with Gasteiger partial charge < -0.3 is 19.9 Å². The normalized spacial score (nSPS) is 14.0. The zero-order chi connectivity index (χ0) is 15.7. The molecule has 0 radical (unpaired) electrons. The molecule has 0 aliphatic carbocycles. The van der Waals surface area contributed by atoms with E-state index in [4.69, 9.17) is 9.47 Å². The number of aliphatic hydroxyl groups is 1. The Labute approximate surface area is 128 Å². The van der Waals surface area contributed by atoms with Gasteiger partial charge in [-0.2, -0.15) is 0 Å². The molecular weight excluding hydrogens is 266 g/mol. The van der Waals surface area contributed by atoms with E-state index in [-0.39, 0.29) is 6.61 Å². The molecule has 120 valence electrons. The summed E-state index contributed by atoms with van der Waals surface area (Å²) in [6.45, 7) is 7.42. The molecule has 0 spiro atoms. The quantitative estimate of drug-likeness (QED) is 0.697. The van der Waals surface area contributed by atoms with Crippen LogP contribution in [0.5, 0.6) is 11.5 Å². The van der Waals surface area contributed by atoms with E-state index in [1.165, 1.54) is 6.42 Å². The van der Waals surface area contributed by atoms with Crippen molar-refractivity contribution in [3.8, 4) is 11.5 Å². The van der Waals surface area contributed by atoms with E-state index >= 15 is 0 Å². The summed E-state index contributed by atoms with van der Waals surface area (Å²) in [5.41, 5.74) is 0. The van der Waals surface area contributed by atoms with Crippen LogP contribution in [-0.2, 0) is 0 Å². The topological polar surface area (TPSA) is 50.7 Å². The first kappa shape index (κ1) is 17.8. The SMILES string of the molecule is COc1cccc(OCC(O)CNC(C)CCC(C)C)c1. The second-order valence-electron chi connectivity index (χ2n) is 5.92. The highest BCUT2D eigenvalue weighted by molar-refractivity contribution is 5.32. The van der Waals surface area contributed by atoms with Crippen molar-refractivity contribution >= 4 is 0 Å². The molecule has 2 N–H and O–H groups in total. The Bertz CT molecular complexity index is 395. The lowest BCUT2D eigenvalue weighted by molar-refractivity contribution is 0.103. The van der Waals surface area contributed by atoms with Crippen LogP contribution in [0.1, 0.15) is 33.6 Å². The van der Waals surface area contributed by atoms with Crippen LogP contribution < -0.4 is 14.8 Å². The molecule has 1 aromatic carbocycles. The number of rotatable bonds is 10. The summed E-state index contributed by atoms with van der Waals surface area (Å²) in [7, 11) is 1.62. The maximum atomic E-state index is 9.94. The Morgan fingerprint density at radius 1 is 1.14 bits per heavy atom. The van der Waals surface area contributed by atoms with Crippen LogP contribution in [-0.4, -0.2) is 37.5 Å². The minimum atomic E-state index is -0.516. The summed E-state index contributed by atoms with van der Waals surface area (Å²) >= 11 is 0. The molecule has 0 amide bonds. The first-order chi connectivity index (χ1) is 10.0. The number of ether oxygens (including phenoxy) is 2. The summed E-state index contributed by atoms with van der Waals surface area (Å²) in [4.78, 5) is 0. The van der Waals surface area contributed by atoms with E-state index in [9.17, 15) is 5.11 Å². The van der Waals surface area contributed by atoms with Crippen molar-refractivity contribution in [2.24, 2.45) is 5.92 Å². The van der Waals surface area contributed by atoms with Gasteiger partial charge in [0.25, 0.3) is 0 Å². The van der Waals surface area contributed by atoms with Crippen LogP contribution in [0.4, 0.5) is 0 Å². The molecule has 0 aliphatic heterocycles. The van der Waals surface area contributed by atoms with E-state index in [1.807, 2.05) is 24.3 Å². The molecule has 0 bridgehead atoms. The molecule has 0 fully saturated rings. The van der Waals surface area contributed by atoms with Crippen LogP contribution in [0.25, 0.3) is 0 Å². The van der Waals surface area contributed by atoms with Crippen LogP contribution in [0.15, 0.2) is 24.3 Å². The molecule has 0 aliphatic rings. The van der Waals surface area contributed by atoms with Gasteiger partial charge in [0.1, 0.15) is 24.2 Å². The Balaban J connectivity index is 2.22. The van der Waals surface area contributed by atoms with Gasteiger partial charge >= 0.3 is 0 Å². The summed E-state index contributed by atoms with van der Waals surface area (Å²) in [5.74, 6) is 2.18. The summed E-state index contributed by atoms with van der Waals surface area (Å²) in [6.07, 6.45) is 1.81. The summed E-state index contributed by atoms with van der Waals surface area (Å²) in [6, 6.07) is 7.81. The van der Waals surface area contributed by atoms with Crippen molar-refractivity contribution in [2.75, 3.05) is 20.3 Å². The molecule has 2 unspecified atom stereocenters. The van der Waals surface area contributed by atoms with Crippen molar-refractivity contribution in [1.82, 2.24) is 5.32 Å². The molecule has 2 atom stereocenters. The number of methoxy groups -OCH3 is 1. The maximum Gasteiger partial charge on any atom is 0.123 e. The van der Waals surface area contributed by atoms with Crippen LogP contribution >= 0.6 is 0 Å². The molecule has 1 aromatic rings. The average Bonchev–Trinajstić information content (AvgIpc) is 2.49. The maximum absolute atomic E-state index is 9.94. The minimum Gasteiger partial charge on any atom is -0.497 e. The van der Waals surface area contributed by atoms with Gasteiger partial charge in [-0.15, -0.1) is 0 Å². The van der Waals surface area contributed by atoms with E-state index < -0.39 is 6.10 Å². The molecule has 1 rings (SSSR count). The monoisotopic (exact) mass is 295 g/mol. The van der Waals surface area contributed by atoms with Gasteiger partial charge in [0.05, 0.1) is 7.11 Å². The Kier molecular flexibility index (Phi) is 8.16. The fourth-order valence-corrected chi connectivity index (χ4v) is 1.96. The van der Waals surface area contributed by atoms with Crippen molar-refractivity contribution in [2.45, 2.75) is 45.8 Å². The average molecular weight is 295 g/mol. The first-order valence-electron chi connectivity index (χ1n) is 7.69. The molecule has 4 heteroatoms. The lowest BCUT2D eigenvalue weighted by atomic mass is 10.0. The second-order valence-corrected chi connectivity index (χ2v) is 5.92. The molecule has 0 saturated carbocycles. The first-order valence-corrected chi connectivity index (χ1v) is 7.69. The molecule has 0 saturated heterocycles. The fourth-order valence-electron chi connectivity index (χ4n) is 1.96. The fraction of sp³-hybridized carbons (Fsp3) is 0.647. The largest absolute Gasteiger partial charge is 0.497 e. The highest BCUT2D eigenvalue weighted by Crippen LogP contribution is 2.18. The van der Waals surface area contributed by atoms with E-state index in [1.54, 1.807) is 7.11 Å². The molecule has 0 heterocycles. The van der Waals surface area contributed by atoms with Crippen LogP contribution in [0.3, 0.4) is 0 Å². The minimum absolute atomic E-state index is 0.275. The molecule has 4 nitrogen and oxygen atoms in total. The smallest absolute Gasteiger partial charge is 0.123 e. The number of nitrogens with one attached hydrogen (secondary N) is 1. The Morgan fingerprint density at radius 2 is 1.86 bits per heavy atom. The number of benzene rings is 1. The van der Waals surface area contributed by atoms with Gasteiger partial charge in [-0.25, -0.2) is 0 Å². The molecule has 0 aromatic heterocycles. The third-order valence-electron chi connectivity index (χ3n) is 3.36. The molecular formula is C17H29NO3. The van der Waals surface area contributed by atoms with Crippen molar-refractivity contribution in [3.05, 3.63) is 24.3 Å². The number of hydrogen-bond donors (Lipinski definition) is 2. The second kappa shape index (κ2) is 9.64. The predicted octanol–water partition coefficient (Wildman–Crippen LogP) is 2.85. The number of aliphatic hydroxyl groups excluding tert-OH is 1. The van der Waals surface area contributed by atoms with Crippen molar-refractivity contribution < 1.29 is 14.6 Å².